The van der Waals surface area contributed by atoms with Crippen LogP contribution < -0.4 is 4.74 Å². The maximum Gasteiger partial charge on any atom is 0.336 e. The standard InChI is InChI=1S/C26H20Cl2FNO3/c1-15-3-8-20(13-21(15)26(31)32)30-16(2)4-9-24(30)22-11-18(27)6-10-25(22)33-14-17-5-7-19(29)12-23(17)28/h3-13H,14H2,1-2H3,(H,31,32). The highest BCUT2D eigenvalue weighted by molar-refractivity contribution is 6.31. The van der Waals surface area contributed by atoms with E-state index < -0.39 is 11.8 Å². The zero-order valence-electron chi connectivity index (χ0n) is 17.9. The zero-order valence-corrected chi connectivity index (χ0v) is 19.4. The van der Waals surface area contributed by atoms with Crippen LogP contribution in [0, 0.1) is 19.7 Å². The van der Waals surface area contributed by atoms with Crippen molar-refractivity contribution in [2.24, 2.45) is 0 Å². The third-order valence-corrected chi connectivity index (χ3v) is 5.99. The van der Waals surface area contributed by atoms with Crippen molar-refractivity contribution in [3.63, 3.8) is 0 Å². The summed E-state index contributed by atoms with van der Waals surface area (Å²) >= 11 is 12.5. The quantitative estimate of drug-likeness (QED) is 0.309. The van der Waals surface area contributed by atoms with Crippen molar-refractivity contribution in [3.05, 3.63) is 105 Å². The van der Waals surface area contributed by atoms with E-state index in [-0.39, 0.29) is 17.2 Å². The Kier molecular flexibility index (Phi) is 6.45. The van der Waals surface area contributed by atoms with Gasteiger partial charge >= 0.3 is 5.97 Å². The molecule has 0 fully saturated rings. The molecule has 0 aliphatic rings. The van der Waals surface area contributed by atoms with Crippen molar-refractivity contribution in [2.45, 2.75) is 20.5 Å². The molecule has 0 saturated heterocycles. The molecule has 168 valence electrons. The van der Waals surface area contributed by atoms with Gasteiger partial charge in [0.1, 0.15) is 18.2 Å². The van der Waals surface area contributed by atoms with Crippen LogP contribution in [-0.2, 0) is 6.61 Å². The van der Waals surface area contributed by atoms with Gasteiger partial charge in [-0.15, -0.1) is 0 Å². The van der Waals surface area contributed by atoms with Crippen molar-refractivity contribution >= 4 is 29.2 Å². The molecule has 7 heteroatoms. The van der Waals surface area contributed by atoms with Crippen molar-refractivity contribution < 1.29 is 19.0 Å². The minimum atomic E-state index is -0.983. The second-order valence-corrected chi connectivity index (χ2v) is 8.51. The first-order chi connectivity index (χ1) is 15.7. The van der Waals surface area contributed by atoms with E-state index in [1.54, 1.807) is 43.3 Å². The number of nitrogens with zero attached hydrogens (tertiary/aromatic N) is 1. The van der Waals surface area contributed by atoms with Crippen molar-refractivity contribution in [2.75, 3.05) is 0 Å². The van der Waals surface area contributed by atoms with Gasteiger partial charge in [0.05, 0.1) is 16.3 Å². The fraction of sp³-hybridized carbons (Fsp3) is 0.115. The van der Waals surface area contributed by atoms with E-state index in [0.29, 0.717) is 27.6 Å². The number of carbonyl (C=O) groups is 1. The van der Waals surface area contributed by atoms with E-state index >= 15 is 0 Å². The van der Waals surface area contributed by atoms with Crippen LogP contribution in [0.2, 0.25) is 10.0 Å². The van der Waals surface area contributed by atoms with Crippen molar-refractivity contribution in [1.29, 1.82) is 0 Å². The fourth-order valence-corrected chi connectivity index (χ4v) is 4.09. The molecule has 0 unspecified atom stereocenters. The van der Waals surface area contributed by atoms with Gasteiger partial charge in [-0.1, -0.05) is 35.3 Å². The normalized spacial score (nSPS) is 10.9. The summed E-state index contributed by atoms with van der Waals surface area (Å²) in [5, 5.41) is 10.4. The Labute approximate surface area is 200 Å². The lowest BCUT2D eigenvalue weighted by Gasteiger charge is -2.17. The summed E-state index contributed by atoms with van der Waals surface area (Å²) in [6, 6.07) is 18.6. The average Bonchev–Trinajstić information content (AvgIpc) is 3.15. The highest BCUT2D eigenvalue weighted by atomic mass is 35.5. The monoisotopic (exact) mass is 483 g/mol. The average molecular weight is 484 g/mol. The molecule has 0 saturated carbocycles. The van der Waals surface area contributed by atoms with Crippen LogP contribution in [0.5, 0.6) is 5.75 Å². The largest absolute Gasteiger partial charge is 0.488 e. The van der Waals surface area contributed by atoms with Crippen LogP contribution in [0.15, 0.2) is 66.7 Å². The van der Waals surface area contributed by atoms with Crippen LogP contribution in [0.4, 0.5) is 4.39 Å². The van der Waals surface area contributed by atoms with Crippen molar-refractivity contribution in [1.82, 2.24) is 4.57 Å². The number of aryl methyl sites for hydroxylation is 2. The third kappa shape index (κ3) is 4.75. The van der Waals surface area contributed by atoms with Crippen LogP contribution in [0.3, 0.4) is 0 Å². The van der Waals surface area contributed by atoms with Gasteiger partial charge in [-0.3, -0.25) is 0 Å². The van der Waals surface area contributed by atoms with Gasteiger partial charge in [-0.25, -0.2) is 9.18 Å². The Morgan fingerprint density at radius 3 is 2.52 bits per heavy atom. The van der Waals surface area contributed by atoms with Gasteiger partial charge in [0, 0.05) is 27.5 Å². The van der Waals surface area contributed by atoms with E-state index in [9.17, 15) is 14.3 Å². The minimum Gasteiger partial charge on any atom is -0.488 e. The summed E-state index contributed by atoms with van der Waals surface area (Å²) in [7, 11) is 0. The number of hydrogen-bond acceptors (Lipinski definition) is 2. The number of aromatic nitrogens is 1. The van der Waals surface area contributed by atoms with E-state index in [4.69, 9.17) is 27.9 Å². The number of carboxylic acid groups (broad SMARTS) is 1. The SMILES string of the molecule is Cc1ccc(-n2c(C)ccc2-c2cc(Cl)ccc2OCc2ccc(F)cc2Cl)cc1C(=O)O. The van der Waals surface area contributed by atoms with Gasteiger partial charge in [-0.2, -0.15) is 0 Å². The molecule has 4 rings (SSSR count). The molecule has 0 atom stereocenters. The molecule has 0 aliphatic carbocycles. The molecular weight excluding hydrogens is 464 g/mol. The number of hydrogen-bond donors (Lipinski definition) is 1. The molecule has 1 heterocycles. The number of carboxylic acids is 1. The summed E-state index contributed by atoms with van der Waals surface area (Å²) in [6.45, 7) is 3.84. The summed E-state index contributed by atoms with van der Waals surface area (Å²) in [5.41, 5.74) is 4.71. The predicted octanol–water partition coefficient (Wildman–Crippen LogP) is 7.48. The fourth-order valence-electron chi connectivity index (χ4n) is 3.69. The smallest absolute Gasteiger partial charge is 0.336 e. The van der Waals surface area contributed by atoms with Crippen LogP contribution in [0.1, 0.15) is 27.2 Å². The van der Waals surface area contributed by atoms with Gasteiger partial charge < -0.3 is 14.4 Å². The van der Waals surface area contributed by atoms with Gasteiger partial charge in [-0.05, 0) is 74.0 Å². The lowest BCUT2D eigenvalue weighted by molar-refractivity contribution is 0.0696. The first-order valence-electron chi connectivity index (χ1n) is 10.1. The minimum absolute atomic E-state index is 0.140. The maximum absolute atomic E-state index is 13.4. The van der Waals surface area contributed by atoms with E-state index in [0.717, 1.165) is 17.0 Å². The Morgan fingerprint density at radius 2 is 1.79 bits per heavy atom. The molecule has 4 aromatic rings. The summed E-state index contributed by atoms with van der Waals surface area (Å²) < 4.78 is 21.4. The van der Waals surface area contributed by atoms with Gasteiger partial charge in [0.15, 0.2) is 0 Å². The first kappa shape index (κ1) is 22.9. The first-order valence-corrected chi connectivity index (χ1v) is 10.9. The lowest BCUT2D eigenvalue weighted by atomic mass is 10.1. The Bertz CT molecular complexity index is 1360. The van der Waals surface area contributed by atoms with Crippen LogP contribution in [-0.4, -0.2) is 15.6 Å². The van der Waals surface area contributed by atoms with E-state index in [1.165, 1.54) is 12.1 Å². The predicted molar refractivity (Wildman–Crippen MR) is 128 cm³/mol. The number of ether oxygens (including phenoxy) is 1. The second kappa shape index (κ2) is 9.30. The molecule has 33 heavy (non-hydrogen) atoms. The molecule has 4 nitrogen and oxygen atoms in total. The molecule has 0 aliphatic heterocycles. The number of benzene rings is 3. The Morgan fingerprint density at radius 1 is 1.00 bits per heavy atom. The number of aromatic carboxylic acids is 1. The molecular formula is C26H20Cl2FNO3. The molecule has 0 bridgehead atoms. The van der Waals surface area contributed by atoms with Crippen LogP contribution >= 0.6 is 23.2 Å². The Balaban J connectivity index is 1.77. The molecule has 1 aromatic heterocycles. The summed E-state index contributed by atoms with van der Waals surface area (Å²) in [6.07, 6.45) is 0. The topological polar surface area (TPSA) is 51.5 Å². The molecule has 0 amide bonds. The molecule has 3 aromatic carbocycles. The lowest BCUT2D eigenvalue weighted by Crippen LogP contribution is -2.05. The zero-order chi connectivity index (χ0) is 23.7. The maximum atomic E-state index is 13.4. The highest BCUT2D eigenvalue weighted by Crippen LogP contribution is 2.36. The molecule has 1 N–H and O–H groups in total. The van der Waals surface area contributed by atoms with E-state index in [2.05, 4.69) is 0 Å². The second-order valence-electron chi connectivity index (χ2n) is 7.66. The van der Waals surface area contributed by atoms with Gasteiger partial charge in [0.25, 0.3) is 0 Å². The van der Waals surface area contributed by atoms with Gasteiger partial charge in [0.2, 0.25) is 0 Å². The van der Waals surface area contributed by atoms with Crippen LogP contribution in [0.25, 0.3) is 16.9 Å². The third-order valence-electron chi connectivity index (χ3n) is 5.40. The number of halogens is 3. The highest BCUT2D eigenvalue weighted by Gasteiger charge is 2.17. The summed E-state index contributed by atoms with van der Waals surface area (Å²) in [5.74, 6) is -0.837. The van der Waals surface area contributed by atoms with E-state index in [1.807, 2.05) is 29.7 Å². The number of rotatable bonds is 6. The summed E-state index contributed by atoms with van der Waals surface area (Å²) in [4.78, 5) is 11.7. The molecule has 0 spiro atoms. The molecule has 0 radical (unpaired) electrons. The van der Waals surface area contributed by atoms with Crippen molar-refractivity contribution in [3.8, 4) is 22.7 Å². The Hall–Kier alpha value is -3.28.